The van der Waals surface area contributed by atoms with Gasteiger partial charge in [0.1, 0.15) is 48.8 Å². The van der Waals surface area contributed by atoms with E-state index in [1.807, 2.05) is 41.5 Å². The molecule has 7 heterocycles. The predicted octanol–water partition coefficient (Wildman–Crippen LogP) is 5.29. The minimum absolute atomic E-state index is 0.0964. The summed E-state index contributed by atoms with van der Waals surface area (Å²) in [6.45, 7) is 17.9. The van der Waals surface area contributed by atoms with Crippen LogP contribution in [-0.4, -0.2) is 234 Å². The topological polar surface area (TPSA) is 256 Å². The molecule has 0 amide bonds. The average Bonchev–Trinajstić information content (AvgIpc) is 1.45. The number of aliphatic hydroxyl groups is 4. The Morgan fingerprint density at radius 1 is 0.558 bits per heavy atom. The molecular formula is C63H104O23. The number of fused-ring (bicyclic) bond motifs is 6. The molecule has 4 aliphatic carbocycles. The molecule has 1 spiro atoms. The second kappa shape index (κ2) is 26.7. The number of methoxy groups -OCH3 is 5. The molecule has 0 bridgehead atoms. The number of hydrogen-bond donors (Lipinski definition) is 4. The summed E-state index contributed by atoms with van der Waals surface area (Å²) in [5, 5.41) is 44.8. The van der Waals surface area contributed by atoms with Crippen LogP contribution < -0.4 is 0 Å². The molecular weight excluding hydrogens is 1120 g/mol. The van der Waals surface area contributed by atoms with Crippen LogP contribution >= 0.6 is 0 Å². The van der Waals surface area contributed by atoms with E-state index in [0.717, 1.165) is 44.9 Å². The zero-order chi connectivity index (χ0) is 61.4. The molecule has 23 nitrogen and oxygen atoms in total. The van der Waals surface area contributed by atoms with Crippen LogP contribution in [0.1, 0.15) is 146 Å². The fraction of sp³-hybridized carbons (Fsp3) is 0.968. The van der Waals surface area contributed by atoms with Gasteiger partial charge in [-0.1, -0.05) is 25.5 Å². The van der Waals surface area contributed by atoms with Crippen molar-refractivity contribution in [1.29, 1.82) is 0 Å². The third-order valence-electron chi connectivity index (χ3n) is 22.8. The van der Waals surface area contributed by atoms with Crippen LogP contribution in [0.4, 0.5) is 0 Å². The van der Waals surface area contributed by atoms with Crippen molar-refractivity contribution in [1.82, 2.24) is 0 Å². The van der Waals surface area contributed by atoms with E-state index in [1.165, 1.54) is 12.7 Å². The summed E-state index contributed by atoms with van der Waals surface area (Å²) in [5.74, 6) is -0.0718. The van der Waals surface area contributed by atoms with Crippen LogP contribution in [0.25, 0.3) is 0 Å². The fourth-order valence-corrected chi connectivity index (χ4v) is 17.8. The molecule has 0 aromatic rings. The molecule has 0 aromatic carbocycles. The Morgan fingerprint density at radius 3 is 1.70 bits per heavy atom. The van der Waals surface area contributed by atoms with E-state index < -0.39 is 165 Å². The number of allylic oxidation sites excluding steroid dienone is 1. The van der Waals surface area contributed by atoms with E-state index in [9.17, 15) is 20.4 Å². The van der Waals surface area contributed by atoms with Crippen LogP contribution in [0.5, 0.6) is 0 Å². The Morgan fingerprint density at radius 2 is 1.12 bits per heavy atom. The van der Waals surface area contributed by atoms with Crippen molar-refractivity contribution in [3.8, 4) is 0 Å². The minimum atomic E-state index is -1.53. The highest BCUT2D eigenvalue weighted by Gasteiger charge is 2.66. The van der Waals surface area contributed by atoms with Crippen molar-refractivity contribution in [3.05, 3.63) is 11.6 Å². The minimum Gasteiger partial charge on any atom is -0.393 e. The van der Waals surface area contributed by atoms with Gasteiger partial charge in [-0.15, -0.1) is 0 Å². The molecule has 10 fully saturated rings. The molecule has 23 heteroatoms. The van der Waals surface area contributed by atoms with Crippen LogP contribution in [0.3, 0.4) is 0 Å². The lowest BCUT2D eigenvalue weighted by Gasteiger charge is -2.59. The summed E-state index contributed by atoms with van der Waals surface area (Å²) in [6.07, 6.45) is -4.76. The maximum Gasteiger partial charge on any atom is 0.288 e. The van der Waals surface area contributed by atoms with Crippen molar-refractivity contribution in [2.75, 3.05) is 42.3 Å². The molecule has 3 saturated carbocycles. The van der Waals surface area contributed by atoms with Gasteiger partial charge in [0.25, 0.3) is 5.97 Å². The van der Waals surface area contributed by atoms with Crippen LogP contribution in [0, 0.1) is 28.6 Å². The Bertz CT molecular complexity index is 2270. The van der Waals surface area contributed by atoms with E-state index in [0.29, 0.717) is 49.9 Å². The summed E-state index contributed by atoms with van der Waals surface area (Å²) in [5.41, 5.74) is 0.247. The van der Waals surface area contributed by atoms with Gasteiger partial charge in [-0.25, -0.2) is 0 Å². The number of rotatable bonds is 16. The fourth-order valence-electron chi connectivity index (χ4n) is 17.8. The highest BCUT2D eigenvalue weighted by molar-refractivity contribution is 5.26. The first-order chi connectivity index (χ1) is 41.0. The predicted molar refractivity (Wildman–Crippen MR) is 302 cm³/mol. The third-order valence-corrected chi connectivity index (χ3v) is 22.8. The van der Waals surface area contributed by atoms with Gasteiger partial charge in [-0.05, 0) is 123 Å². The summed E-state index contributed by atoms with van der Waals surface area (Å²) in [7, 11) is 7.91. The standard InChI is InChI=1S/C63H104O23/c1-30-51(65)58(72-14)52(66)59(79-30)84-55-33(4)77-49(26-44(55)70-12)82-53-31(2)75-48(24-42(53)68-10)81-54-32(3)76-50(25-43(54)69-11)83-56-35(6)85-63(28-46(56)71-13)74-29-73-45-27-47(78-34(5)57(45)86-63)80-36(7)62(67)22-19-41-39-16-15-37-23-38(64)17-20-60(37,8)40(39)18-21-61(41,62)9/h15,30-36,38-59,64-67H,16-29H2,1-14H3/t30-,31-,32-,33-,34-,35-,36+,38+,39-,40+,41+,42+,43+,44+,45-,46-,47+,48+,49+,50+,51+,52-,53-,54-,55-,56-,57-,58+,59+,60+,61+,62+,63+/m1/s1. The van der Waals surface area contributed by atoms with E-state index in [4.69, 9.17) is 90.0 Å². The summed E-state index contributed by atoms with van der Waals surface area (Å²) in [6, 6.07) is 0. The summed E-state index contributed by atoms with van der Waals surface area (Å²) < 4.78 is 121. The van der Waals surface area contributed by atoms with Crippen molar-refractivity contribution in [3.63, 3.8) is 0 Å². The first kappa shape index (κ1) is 66.3. The monoisotopic (exact) mass is 1230 g/mol. The highest BCUT2D eigenvalue weighted by Crippen LogP contribution is 2.68. The molecule has 494 valence electrons. The number of ether oxygens (including phenoxy) is 19. The van der Waals surface area contributed by atoms with Crippen molar-refractivity contribution >= 4 is 0 Å². The van der Waals surface area contributed by atoms with Gasteiger partial charge in [0.2, 0.25) is 0 Å². The van der Waals surface area contributed by atoms with Crippen LogP contribution in [0.2, 0.25) is 0 Å². The first-order valence-corrected chi connectivity index (χ1v) is 32.2. The summed E-state index contributed by atoms with van der Waals surface area (Å²) >= 11 is 0. The lowest BCUT2D eigenvalue weighted by atomic mass is 9.46. The van der Waals surface area contributed by atoms with Crippen LogP contribution in [0.15, 0.2) is 11.6 Å². The number of hydrogen-bond acceptors (Lipinski definition) is 23. The second-order valence-electron chi connectivity index (χ2n) is 27.5. The maximum absolute atomic E-state index is 12.8. The van der Waals surface area contributed by atoms with E-state index >= 15 is 0 Å². The van der Waals surface area contributed by atoms with E-state index in [1.54, 1.807) is 35.4 Å². The molecule has 7 saturated heterocycles. The third kappa shape index (κ3) is 12.5. The van der Waals surface area contributed by atoms with Crippen LogP contribution in [-0.2, 0) is 90.0 Å². The van der Waals surface area contributed by atoms with Gasteiger partial charge >= 0.3 is 0 Å². The molecule has 4 N–H and O–H groups in total. The Kier molecular flexibility index (Phi) is 20.6. The zero-order valence-corrected chi connectivity index (χ0v) is 53.3. The lowest BCUT2D eigenvalue weighted by Crippen LogP contribution is -2.62. The lowest BCUT2D eigenvalue weighted by molar-refractivity contribution is -0.447. The smallest absolute Gasteiger partial charge is 0.288 e. The molecule has 11 rings (SSSR count). The largest absolute Gasteiger partial charge is 0.393 e. The normalized spacial score (nSPS) is 53.8. The zero-order valence-electron chi connectivity index (χ0n) is 53.3. The average molecular weight is 1230 g/mol. The van der Waals surface area contributed by atoms with Crippen molar-refractivity contribution in [2.45, 2.75) is 317 Å². The Labute approximate surface area is 508 Å². The highest BCUT2D eigenvalue weighted by atomic mass is 16.9. The van der Waals surface area contributed by atoms with Gasteiger partial charge in [-0.2, -0.15) is 0 Å². The van der Waals surface area contributed by atoms with E-state index in [2.05, 4.69) is 19.9 Å². The van der Waals surface area contributed by atoms with Gasteiger partial charge in [-0.3, -0.25) is 0 Å². The van der Waals surface area contributed by atoms with Crippen molar-refractivity contribution in [2.24, 2.45) is 28.6 Å². The van der Waals surface area contributed by atoms with Crippen molar-refractivity contribution < 1.29 is 110 Å². The summed E-state index contributed by atoms with van der Waals surface area (Å²) in [4.78, 5) is 0. The van der Waals surface area contributed by atoms with Gasteiger partial charge in [0.15, 0.2) is 38.2 Å². The van der Waals surface area contributed by atoms with Gasteiger partial charge in [0, 0.05) is 66.6 Å². The first-order valence-electron chi connectivity index (χ1n) is 32.2. The quantitative estimate of drug-likeness (QED) is 0.143. The van der Waals surface area contributed by atoms with E-state index in [-0.39, 0.29) is 30.1 Å². The second-order valence-corrected chi connectivity index (χ2v) is 27.5. The number of aliphatic hydroxyl groups excluding tert-OH is 3. The molecule has 0 unspecified atom stereocenters. The molecule has 11 aliphatic rings. The van der Waals surface area contributed by atoms with Gasteiger partial charge in [0.05, 0.1) is 91.4 Å². The Hall–Kier alpha value is -1.18. The molecule has 0 radical (unpaired) electrons. The van der Waals surface area contributed by atoms with Gasteiger partial charge < -0.3 is 110 Å². The molecule has 86 heavy (non-hydrogen) atoms. The SMILES string of the molecule is CO[C@H]1[C@@H](O)[C@@H](C)O[C@@H](O[C@H]2[C@@H](OC)C[C@H](O[C@H]3[C@@H](OC)C[C@H](O[C@H]4[C@@H](OC)C[C@H](O[C@@H]5[C@@H](C)O[C@]6(C[C@H]5OC)OCO[C@@H]5C[C@H](O[C@@H](C)[C@@]7(O)CC[C@H]8[C@@H]9CC=C%10C[C@@H](O)CC[C@]%10(C)[C@H]9CC[C@@]87C)O[C@H](C)[C@H]5O6)O[C@@H]4C)O[C@@H]3C)O[C@@H]2C)[C@@H]1O. The molecule has 33 atom stereocenters. The Balaban J connectivity index is 0.654. The maximum atomic E-state index is 12.8. The molecule has 0 aromatic heterocycles. The molecule has 7 aliphatic heterocycles.